The first-order valence-electron chi connectivity index (χ1n) is 8.91. The number of aromatic nitrogens is 4. The van der Waals surface area contributed by atoms with Crippen molar-refractivity contribution in [2.75, 3.05) is 31.9 Å². The number of anilines is 1. The smallest absolute Gasteiger partial charge is 0.256 e. The highest BCUT2D eigenvalue weighted by molar-refractivity contribution is 7.99. The van der Waals surface area contributed by atoms with E-state index in [1.54, 1.807) is 20.5 Å². The zero-order valence-corrected chi connectivity index (χ0v) is 16.5. The fourth-order valence-corrected chi connectivity index (χ4v) is 4.49. The average Bonchev–Trinajstić information content (AvgIpc) is 3.15. The summed E-state index contributed by atoms with van der Waals surface area (Å²) in [5, 5.41) is 1.08. The Kier molecular flexibility index (Phi) is 5.07. The van der Waals surface area contributed by atoms with Gasteiger partial charge in [0.15, 0.2) is 5.75 Å². The first-order valence-corrected chi connectivity index (χ1v) is 9.90. The molecule has 1 aliphatic rings. The molecule has 0 radical (unpaired) electrons. The van der Waals surface area contributed by atoms with E-state index in [0.717, 1.165) is 27.5 Å². The van der Waals surface area contributed by atoms with E-state index in [9.17, 15) is 0 Å². The predicted octanol–water partition coefficient (Wildman–Crippen LogP) is 3.38. The molecule has 0 unspecified atom stereocenters. The van der Waals surface area contributed by atoms with E-state index < -0.39 is 0 Å². The van der Waals surface area contributed by atoms with Crippen LogP contribution in [-0.4, -0.2) is 53.0 Å². The zero-order valence-electron chi connectivity index (χ0n) is 15.7. The normalized spacial score (nSPS) is 18.9. The van der Waals surface area contributed by atoms with Crippen LogP contribution in [0.15, 0.2) is 35.7 Å². The largest absolute Gasteiger partial charge is 0.491 e. The molecule has 3 aromatic heterocycles. The quantitative estimate of drug-likeness (QED) is 0.625. The van der Waals surface area contributed by atoms with Gasteiger partial charge in [0.2, 0.25) is 0 Å². The van der Waals surface area contributed by atoms with Crippen LogP contribution in [0.1, 0.15) is 12.8 Å². The molecule has 8 heteroatoms. The minimum Gasteiger partial charge on any atom is -0.491 e. The van der Waals surface area contributed by atoms with Crippen LogP contribution in [0.3, 0.4) is 0 Å². The lowest BCUT2D eigenvalue weighted by Gasteiger charge is -2.41. The summed E-state index contributed by atoms with van der Waals surface area (Å²) in [7, 11) is 5.36. The fourth-order valence-electron chi connectivity index (χ4n) is 3.47. The van der Waals surface area contributed by atoms with Gasteiger partial charge in [-0.3, -0.25) is 0 Å². The van der Waals surface area contributed by atoms with Gasteiger partial charge in [0, 0.05) is 42.2 Å². The number of H-pyrrole nitrogens is 1. The average molecular weight is 385 g/mol. The van der Waals surface area contributed by atoms with Crippen molar-refractivity contribution in [2.45, 2.75) is 23.8 Å². The summed E-state index contributed by atoms with van der Waals surface area (Å²) in [6, 6.07) is 4.55. The molecule has 4 rings (SSSR count). The molecule has 0 bridgehead atoms. The van der Waals surface area contributed by atoms with Gasteiger partial charge in [-0.25, -0.2) is 15.0 Å². The molecule has 0 atom stereocenters. The number of nitrogens with zero attached hydrogens (tertiary/aromatic N) is 4. The summed E-state index contributed by atoms with van der Waals surface area (Å²) < 4.78 is 10.5. The molecular weight excluding hydrogens is 362 g/mol. The molecule has 3 aromatic rings. The Labute approximate surface area is 162 Å². The van der Waals surface area contributed by atoms with Crippen LogP contribution in [0.25, 0.3) is 11.0 Å². The molecule has 1 N–H and O–H groups in total. The van der Waals surface area contributed by atoms with Crippen molar-refractivity contribution in [3.05, 3.63) is 30.9 Å². The van der Waals surface area contributed by atoms with Crippen molar-refractivity contribution in [1.82, 2.24) is 19.9 Å². The summed E-state index contributed by atoms with van der Waals surface area (Å²) >= 11 is 1.82. The molecule has 1 aliphatic carbocycles. The van der Waals surface area contributed by atoms with Gasteiger partial charge >= 0.3 is 0 Å². The summed E-state index contributed by atoms with van der Waals surface area (Å²) in [5.74, 6) is 3.96. The molecule has 1 saturated carbocycles. The van der Waals surface area contributed by atoms with Crippen molar-refractivity contribution in [1.29, 1.82) is 0 Å². The maximum absolute atomic E-state index is 5.33. The van der Waals surface area contributed by atoms with Crippen LogP contribution >= 0.6 is 11.8 Å². The Bertz CT molecular complexity index is 925. The number of pyridine rings is 1. The topological polar surface area (TPSA) is 76.2 Å². The van der Waals surface area contributed by atoms with Crippen molar-refractivity contribution in [3.8, 4) is 11.6 Å². The molecule has 142 valence electrons. The summed E-state index contributed by atoms with van der Waals surface area (Å²) in [6.45, 7) is 0. The van der Waals surface area contributed by atoms with Crippen molar-refractivity contribution >= 4 is 28.6 Å². The predicted molar refractivity (Wildman–Crippen MR) is 107 cm³/mol. The minimum atomic E-state index is 0.520. The van der Waals surface area contributed by atoms with E-state index in [1.165, 1.54) is 12.8 Å². The zero-order chi connectivity index (χ0) is 18.8. The molecule has 0 aliphatic heterocycles. The van der Waals surface area contributed by atoms with E-state index in [-0.39, 0.29) is 0 Å². The van der Waals surface area contributed by atoms with Crippen molar-refractivity contribution in [2.24, 2.45) is 5.92 Å². The van der Waals surface area contributed by atoms with Crippen molar-refractivity contribution < 1.29 is 9.47 Å². The molecule has 7 nitrogen and oxygen atoms in total. The number of rotatable bonds is 7. The summed E-state index contributed by atoms with van der Waals surface area (Å²) in [5.41, 5.74) is 0.888. The lowest BCUT2D eigenvalue weighted by Crippen LogP contribution is -2.43. The first-order chi connectivity index (χ1) is 13.2. The second-order valence-electron chi connectivity index (χ2n) is 6.73. The van der Waals surface area contributed by atoms with Gasteiger partial charge in [-0.15, -0.1) is 11.8 Å². The minimum absolute atomic E-state index is 0.520. The van der Waals surface area contributed by atoms with Gasteiger partial charge in [0.1, 0.15) is 17.8 Å². The van der Waals surface area contributed by atoms with Gasteiger partial charge in [0.25, 0.3) is 5.88 Å². The number of thioether (sulfide) groups is 1. The number of hydrogen-bond acceptors (Lipinski definition) is 7. The number of fused-ring (bicyclic) bond motifs is 1. The van der Waals surface area contributed by atoms with E-state index in [1.807, 2.05) is 36.3 Å². The number of ether oxygens (including phenoxy) is 2. The molecule has 0 aromatic carbocycles. The standard InChI is InChI=1S/C19H23N5O2S/c1-24(18-15-4-5-20-17(15)22-11-23-18)13-6-12(7-13)10-27-14-8-16(25-2)19(26-3)21-9-14/h4-5,8-9,11-13H,6-7,10H2,1-3H3,(H,20,22,23)/t12-,13+. The Balaban J connectivity index is 1.33. The van der Waals surface area contributed by atoms with E-state index in [4.69, 9.17) is 9.47 Å². The third-order valence-electron chi connectivity index (χ3n) is 5.12. The summed E-state index contributed by atoms with van der Waals surface area (Å²) in [4.78, 5) is 19.6. The van der Waals surface area contributed by atoms with Crippen molar-refractivity contribution in [3.63, 3.8) is 0 Å². The highest BCUT2D eigenvalue weighted by atomic mass is 32.2. The van der Waals surface area contributed by atoms with Gasteiger partial charge in [-0.1, -0.05) is 0 Å². The summed E-state index contributed by atoms with van der Waals surface area (Å²) in [6.07, 6.45) is 7.72. The van der Waals surface area contributed by atoms with Gasteiger partial charge in [-0.05, 0) is 24.8 Å². The Morgan fingerprint density at radius 3 is 2.85 bits per heavy atom. The fraction of sp³-hybridized carbons (Fsp3) is 0.421. The molecule has 0 spiro atoms. The van der Waals surface area contributed by atoms with E-state index >= 15 is 0 Å². The molecular formula is C19H23N5O2S. The maximum atomic E-state index is 5.33. The SMILES string of the molecule is COc1cc(SC[C@H]2C[C@@H](N(C)c3ncnc4[nH]ccc34)C2)cnc1OC. The molecule has 27 heavy (non-hydrogen) atoms. The second kappa shape index (κ2) is 7.64. The third kappa shape index (κ3) is 3.53. The Morgan fingerprint density at radius 2 is 2.07 bits per heavy atom. The molecule has 3 heterocycles. The van der Waals surface area contributed by atoms with Crippen LogP contribution in [0.4, 0.5) is 5.82 Å². The number of aromatic amines is 1. The lowest BCUT2D eigenvalue weighted by molar-refractivity contribution is 0.286. The second-order valence-corrected chi connectivity index (χ2v) is 7.83. The van der Waals surface area contributed by atoms with Crippen LogP contribution in [0, 0.1) is 5.92 Å². The molecule has 0 amide bonds. The number of hydrogen-bond donors (Lipinski definition) is 1. The highest BCUT2D eigenvalue weighted by Gasteiger charge is 2.33. The molecule has 0 saturated heterocycles. The monoisotopic (exact) mass is 385 g/mol. The van der Waals surface area contributed by atoms with Crippen LogP contribution in [0.2, 0.25) is 0 Å². The van der Waals surface area contributed by atoms with Gasteiger partial charge in [0.05, 0.1) is 19.6 Å². The van der Waals surface area contributed by atoms with E-state index in [0.29, 0.717) is 23.6 Å². The highest BCUT2D eigenvalue weighted by Crippen LogP contribution is 2.39. The van der Waals surface area contributed by atoms with Gasteiger partial charge < -0.3 is 19.4 Å². The molecule has 1 fully saturated rings. The Morgan fingerprint density at radius 1 is 1.22 bits per heavy atom. The van der Waals surface area contributed by atoms with Crippen LogP contribution < -0.4 is 14.4 Å². The van der Waals surface area contributed by atoms with Crippen LogP contribution in [-0.2, 0) is 0 Å². The third-order valence-corrected chi connectivity index (χ3v) is 6.31. The van der Waals surface area contributed by atoms with Gasteiger partial charge in [-0.2, -0.15) is 0 Å². The number of nitrogens with one attached hydrogen (secondary N) is 1. The lowest BCUT2D eigenvalue weighted by atomic mass is 9.81. The number of methoxy groups -OCH3 is 2. The first kappa shape index (κ1) is 17.9. The van der Waals surface area contributed by atoms with Crippen LogP contribution in [0.5, 0.6) is 11.6 Å². The Hall–Kier alpha value is -2.48. The maximum Gasteiger partial charge on any atom is 0.256 e. The van der Waals surface area contributed by atoms with E-state index in [2.05, 4.69) is 31.9 Å².